The quantitative estimate of drug-likeness (QED) is 0.640. The van der Waals surface area contributed by atoms with E-state index in [1.165, 1.54) is 5.56 Å². The molecule has 1 fully saturated rings. The first-order chi connectivity index (χ1) is 14.9. The first kappa shape index (κ1) is 23.3. The lowest BCUT2D eigenvalue weighted by Gasteiger charge is -2.35. The SMILES string of the molecule is CNCC(CC(N)=O)c1ccc([C@H]2CC[C@H](N(C)C(=O)c3ccc(Cl)cc3)CC2)cc1. The van der Waals surface area contributed by atoms with Gasteiger partial charge in [0.25, 0.3) is 5.91 Å². The van der Waals surface area contributed by atoms with Crippen LogP contribution >= 0.6 is 11.6 Å². The van der Waals surface area contributed by atoms with E-state index in [9.17, 15) is 9.59 Å². The molecular formula is C25H32ClN3O2. The Kier molecular flexibility index (Phi) is 8.10. The summed E-state index contributed by atoms with van der Waals surface area (Å²) in [5, 5.41) is 3.78. The normalized spacial score (nSPS) is 19.6. The van der Waals surface area contributed by atoms with Crippen LogP contribution in [0.1, 0.15) is 65.4 Å². The number of carbonyl (C=O) groups is 2. The number of likely N-dealkylation sites (N-methyl/N-ethyl adjacent to an activating group) is 1. The van der Waals surface area contributed by atoms with Crippen LogP contribution in [-0.4, -0.2) is 43.4 Å². The number of hydrogen-bond acceptors (Lipinski definition) is 3. The van der Waals surface area contributed by atoms with Gasteiger partial charge in [0.15, 0.2) is 0 Å². The maximum Gasteiger partial charge on any atom is 0.253 e. The molecule has 2 amide bonds. The topological polar surface area (TPSA) is 75.4 Å². The number of carbonyl (C=O) groups excluding carboxylic acids is 2. The number of rotatable bonds is 8. The van der Waals surface area contributed by atoms with E-state index < -0.39 is 0 Å². The van der Waals surface area contributed by atoms with Gasteiger partial charge in [-0.2, -0.15) is 0 Å². The summed E-state index contributed by atoms with van der Waals surface area (Å²) in [6.07, 6.45) is 4.45. The van der Waals surface area contributed by atoms with Gasteiger partial charge in [0.2, 0.25) is 5.91 Å². The van der Waals surface area contributed by atoms with Crippen LogP contribution < -0.4 is 11.1 Å². The summed E-state index contributed by atoms with van der Waals surface area (Å²) in [6, 6.07) is 16.0. The highest BCUT2D eigenvalue weighted by atomic mass is 35.5. The van der Waals surface area contributed by atoms with Gasteiger partial charge in [0.05, 0.1) is 0 Å². The van der Waals surface area contributed by atoms with E-state index in [0.717, 1.165) is 37.8 Å². The summed E-state index contributed by atoms with van der Waals surface area (Å²) >= 11 is 5.94. The Morgan fingerprint density at radius 3 is 2.23 bits per heavy atom. The number of nitrogens with zero attached hydrogens (tertiary/aromatic N) is 1. The zero-order valence-electron chi connectivity index (χ0n) is 18.3. The van der Waals surface area contributed by atoms with Gasteiger partial charge in [-0.15, -0.1) is 0 Å². The van der Waals surface area contributed by atoms with E-state index in [1.807, 2.05) is 19.0 Å². The molecule has 0 saturated heterocycles. The molecule has 0 spiro atoms. The van der Waals surface area contributed by atoms with E-state index in [0.29, 0.717) is 22.9 Å². The van der Waals surface area contributed by atoms with Gasteiger partial charge in [-0.05, 0) is 74.0 Å². The highest BCUT2D eigenvalue weighted by Gasteiger charge is 2.28. The fourth-order valence-corrected chi connectivity index (χ4v) is 4.72. The maximum atomic E-state index is 12.8. The Morgan fingerprint density at radius 1 is 1.06 bits per heavy atom. The summed E-state index contributed by atoms with van der Waals surface area (Å²) in [7, 11) is 3.78. The first-order valence-electron chi connectivity index (χ1n) is 10.9. The van der Waals surface area contributed by atoms with Crippen molar-refractivity contribution in [3.05, 3.63) is 70.2 Å². The molecule has 1 aliphatic rings. The lowest BCUT2D eigenvalue weighted by molar-refractivity contribution is -0.118. The average Bonchev–Trinajstić information content (AvgIpc) is 2.78. The third-order valence-corrected chi connectivity index (χ3v) is 6.69. The van der Waals surface area contributed by atoms with E-state index in [-0.39, 0.29) is 23.8 Å². The van der Waals surface area contributed by atoms with Crippen molar-refractivity contribution >= 4 is 23.4 Å². The highest BCUT2D eigenvalue weighted by molar-refractivity contribution is 6.30. The van der Waals surface area contributed by atoms with Gasteiger partial charge in [-0.25, -0.2) is 0 Å². The van der Waals surface area contributed by atoms with Crippen LogP contribution in [0.2, 0.25) is 5.02 Å². The number of benzene rings is 2. The van der Waals surface area contributed by atoms with Gasteiger partial charge in [0, 0.05) is 42.6 Å². The summed E-state index contributed by atoms with van der Waals surface area (Å²) in [5.74, 6) is 0.373. The molecule has 0 aliphatic heterocycles. The third kappa shape index (κ3) is 6.08. The van der Waals surface area contributed by atoms with Crippen LogP contribution in [-0.2, 0) is 4.79 Å². The summed E-state index contributed by atoms with van der Waals surface area (Å²) in [4.78, 5) is 26.0. The van der Waals surface area contributed by atoms with Crippen LogP contribution in [0.25, 0.3) is 0 Å². The Bertz CT molecular complexity index is 875. The molecule has 0 radical (unpaired) electrons. The Labute approximate surface area is 190 Å². The molecule has 5 nitrogen and oxygen atoms in total. The standard InChI is InChI=1S/C25H32ClN3O2/c1-28-16-21(15-24(27)30)19-5-3-17(4-6-19)18-9-13-23(14-10-18)29(2)25(31)20-7-11-22(26)12-8-20/h3-8,11-12,18,21,23,28H,9-10,13-16H2,1-2H3,(H2,27,30)/t18-,21?,23-. The zero-order chi connectivity index (χ0) is 22.4. The molecular weight excluding hydrogens is 410 g/mol. The van der Waals surface area contributed by atoms with Gasteiger partial charge < -0.3 is 16.0 Å². The number of halogens is 1. The minimum absolute atomic E-state index is 0.0505. The predicted molar refractivity (Wildman–Crippen MR) is 125 cm³/mol. The summed E-state index contributed by atoms with van der Waals surface area (Å²) in [6.45, 7) is 0.724. The molecule has 6 heteroatoms. The Morgan fingerprint density at radius 2 is 1.68 bits per heavy atom. The van der Waals surface area contributed by atoms with Crippen LogP contribution in [0, 0.1) is 0 Å². The number of primary amides is 1. The molecule has 0 bridgehead atoms. The van der Waals surface area contributed by atoms with Crippen molar-refractivity contribution in [2.24, 2.45) is 5.73 Å². The monoisotopic (exact) mass is 441 g/mol. The number of nitrogens with two attached hydrogens (primary N) is 1. The maximum absolute atomic E-state index is 12.8. The lowest BCUT2D eigenvalue weighted by Crippen LogP contribution is -2.39. The van der Waals surface area contributed by atoms with Crippen molar-refractivity contribution in [3.8, 4) is 0 Å². The molecule has 1 saturated carbocycles. The zero-order valence-corrected chi connectivity index (χ0v) is 19.1. The summed E-state index contributed by atoms with van der Waals surface area (Å²) < 4.78 is 0. The second-order valence-electron chi connectivity index (χ2n) is 8.52. The van der Waals surface area contributed by atoms with E-state index in [1.54, 1.807) is 24.3 Å². The predicted octanol–water partition coefficient (Wildman–Crippen LogP) is 4.32. The van der Waals surface area contributed by atoms with E-state index >= 15 is 0 Å². The first-order valence-corrected chi connectivity index (χ1v) is 11.3. The summed E-state index contributed by atoms with van der Waals surface area (Å²) in [5.41, 5.74) is 8.55. The highest BCUT2D eigenvalue weighted by Crippen LogP contribution is 2.35. The van der Waals surface area contributed by atoms with Crippen molar-refractivity contribution in [1.29, 1.82) is 0 Å². The molecule has 31 heavy (non-hydrogen) atoms. The largest absolute Gasteiger partial charge is 0.370 e. The fraction of sp³-hybridized carbons (Fsp3) is 0.440. The molecule has 166 valence electrons. The number of hydrogen-bond donors (Lipinski definition) is 2. The Hall–Kier alpha value is -2.37. The van der Waals surface area contributed by atoms with Gasteiger partial charge >= 0.3 is 0 Å². The number of amides is 2. The Balaban J connectivity index is 1.58. The molecule has 3 N–H and O–H groups in total. The lowest BCUT2D eigenvalue weighted by atomic mass is 9.80. The molecule has 0 heterocycles. The minimum Gasteiger partial charge on any atom is -0.370 e. The van der Waals surface area contributed by atoms with Gasteiger partial charge in [-0.1, -0.05) is 35.9 Å². The molecule has 1 unspecified atom stereocenters. The van der Waals surface area contributed by atoms with E-state index in [4.69, 9.17) is 17.3 Å². The molecule has 1 atom stereocenters. The number of nitrogens with one attached hydrogen (secondary N) is 1. The van der Waals surface area contributed by atoms with Crippen LogP contribution in [0.4, 0.5) is 0 Å². The smallest absolute Gasteiger partial charge is 0.253 e. The second-order valence-corrected chi connectivity index (χ2v) is 8.96. The minimum atomic E-state index is -0.278. The van der Waals surface area contributed by atoms with Gasteiger partial charge in [0.1, 0.15) is 0 Å². The van der Waals surface area contributed by atoms with Crippen molar-refractivity contribution in [3.63, 3.8) is 0 Å². The van der Waals surface area contributed by atoms with Gasteiger partial charge in [-0.3, -0.25) is 9.59 Å². The molecule has 2 aromatic rings. The van der Waals surface area contributed by atoms with Crippen molar-refractivity contribution < 1.29 is 9.59 Å². The molecule has 2 aromatic carbocycles. The second kappa shape index (κ2) is 10.8. The molecule has 3 rings (SSSR count). The van der Waals surface area contributed by atoms with Crippen LogP contribution in [0.15, 0.2) is 48.5 Å². The molecule has 0 aromatic heterocycles. The van der Waals surface area contributed by atoms with Crippen LogP contribution in [0.5, 0.6) is 0 Å². The average molecular weight is 442 g/mol. The fourth-order valence-electron chi connectivity index (χ4n) is 4.60. The van der Waals surface area contributed by atoms with Crippen LogP contribution in [0.3, 0.4) is 0 Å². The molecule has 1 aliphatic carbocycles. The third-order valence-electron chi connectivity index (χ3n) is 6.43. The van der Waals surface area contributed by atoms with Crippen molar-refractivity contribution in [2.75, 3.05) is 20.6 Å². The van der Waals surface area contributed by atoms with Crippen molar-refractivity contribution in [1.82, 2.24) is 10.2 Å². The van der Waals surface area contributed by atoms with E-state index in [2.05, 4.69) is 29.6 Å². The van der Waals surface area contributed by atoms with Crippen molar-refractivity contribution in [2.45, 2.75) is 50.0 Å².